The first-order valence-electron chi connectivity index (χ1n) is 6.37. The number of aromatic nitrogens is 1. The Hall–Kier alpha value is -0.920. The molecule has 2 aromatic rings. The van der Waals surface area contributed by atoms with Crippen LogP contribution in [0.5, 0.6) is 0 Å². The summed E-state index contributed by atoms with van der Waals surface area (Å²) in [5.41, 5.74) is 0.917. The highest BCUT2D eigenvalue weighted by Crippen LogP contribution is 2.39. The van der Waals surface area contributed by atoms with E-state index in [9.17, 15) is 13.2 Å². The van der Waals surface area contributed by atoms with E-state index in [1.54, 1.807) is 6.07 Å². The molecule has 0 bridgehead atoms. The number of hydrogen-bond acceptors (Lipinski definition) is 3. The molecule has 0 spiro atoms. The van der Waals surface area contributed by atoms with Crippen LogP contribution < -0.4 is 5.32 Å². The second-order valence-corrected chi connectivity index (χ2v) is 6.49. The van der Waals surface area contributed by atoms with Crippen molar-refractivity contribution in [1.82, 2.24) is 10.3 Å². The Balaban J connectivity index is 2.47. The topological polar surface area (TPSA) is 24.9 Å². The minimum atomic E-state index is -4.43. The van der Waals surface area contributed by atoms with Crippen molar-refractivity contribution in [3.05, 3.63) is 38.8 Å². The zero-order valence-corrected chi connectivity index (χ0v) is 13.9. The number of benzene rings is 1. The molecule has 0 aliphatic rings. The third kappa shape index (κ3) is 3.84. The quantitative estimate of drug-likeness (QED) is 0.808. The van der Waals surface area contributed by atoms with Crippen molar-refractivity contribution < 1.29 is 13.2 Å². The zero-order chi connectivity index (χ0) is 15.6. The maximum atomic E-state index is 13.1. The van der Waals surface area contributed by atoms with Gasteiger partial charge in [-0.15, -0.1) is 11.3 Å². The second-order valence-electron chi connectivity index (χ2n) is 4.55. The summed E-state index contributed by atoms with van der Waals surface area (Å²) in [7, 11) is 0. The lowest BCUT2D eigenvalue weighted by atomic mass is 10.2. The number of aryl methyl sites for hydroxylation is 1. The van der Waals surface area contributed by atoms with Gasteiger partial charge in [0.15, 0.2) is 5.69 Å². The second kappa shape index (κ2) is 6.46. The molecule has 0 aliphatic heterocycles. The van der Waals surface area contributed by atoms with E-state index < -0.39 is 11.9 Å². The predicted molar refractivity (Wildman–Crippen MR) is 82.4 cm³/mol. The largest absolute Gasteiger partial charge is 0.434 e. The number of nitrogens with zero attached hydrogens (tertiary/aromatic N) is 1. The number of alkyl halides is 3. The lowest BCUT2D eigenvalue weighted by Crippen LogP contribution is -2.15. The van der Waals surface area contributed by atoms with Gasteiger partial charge in [-0.25, -0.2) is 4.98 Å². The van der Waals surface area contributed by atoms with Crippen LogP contribution in [0.25, 0.3) is 10.6 Å². The van der Waals surface area contributed by atoms with Gasteiger partial charge in [0.25, 0.3) is 0 Å². The highest BCUT2D eigenvalue weighted by molar-refractivity contribution is 9.10. The van der Waals surface area contributed by atoms with Gasteiger partial charge in [0.1, 0.15) is 5.01 Å². The Morgan fingerprint density at radius 2 is 2.05 bits per heavy atom. The van der Waals surface area contributed by atoms with E-state index in [-0.39, 0.29) is 11.4 Å². The lowest BCUT2D eigenvalue weighted by molar-refractivity contribution is -0.141. The summed E-state index contributed by atoms with van der Waals surface area (Å²) < 4.78 is 40.0. The van der Waals surface area contributed by atoms with Gasteiger partial charge >= 0.3 is 6.18 Å². The van der Waals surface area contributed by atoms with Gasteiger partial charge < -0.3 is 5.32 Å². The fraction of sp³-hybridized carbons (Fsp3) is 0.357. The molecule has 2 nitrogen and oxygen atoms in total. The van der Waals surface area contributed by atoms with Crippen LogP contribution in [0.3, 0.4) is 0 Å². The van der Waals surface area contributed by atoms with Gasteiger partial charge in [0.2, 0.25) is 0 Å². The van der Waals surface area contributed by atoms with E-state index in [2.05, 4.69) is 26.2 Å². The molecule has 7 heteroatoms. The number of rotatable bonds is 4. The average molecular weight is 379 g/mol. The molecule has 1 heterocycles. The van der Waals surface area contributed by atoms with Crippen LogP contribution in [0.4, 0.5) is 13.2 Å². The summed E-state index contributed by atoms with van der Waals surface area (Å²) in [4.78, 5) is 4.03. The average Bonchev–Trinajstić information content (AvgIpc) is 2.80. The Morgan fingerprint density at radius 1 is 1.33 bits per heavy atom. The van der Waals surface area contributed by atoms with E-state index in [1.807, 2.05) is 26.0 Å². The molecule has 0 unspecified atom stereocenters. The van der Waals surface area contributed by atoms with Crippen LogP contribution >= 0.6 is 27.3 Å². The van der Waals surface area contributed by atoms with Crippen molar-refractivity contribution in [2.24, 2.45) is 0 Å². The van der Waals surface area contributed by atoms with Crippen LogP contribution in [-0.2, 0) is 12.7 Å². The summed E-state index contributed by atoms with van der Waals surface area (Å²) in [6, 6.07) is 5.52. The number of hydrogen-bond donors (Lipinski definition) is 1. The SMILES string of the molecule is CCNCc1sc(-c2ccc(C)cc2Br)nc1C(F)(F)F. The zero-order valence-electron chi connectivity index (χ0n) is 11.5. The number of nitrogens with one attached hydrogen (secondary N) is 1. The van der Waals surface area contributed by atoms with Gasteiger partial charge in [-0.1, -0.05) is 35.0 Å². The third-order valence-electron chi connectivity index (χ3n) is 2.86. The molecule has 0 atom stereocenters. The molecule has 1 aromatic heterocycles. The van der Waals surface area contributed by atoms with Crippen molar-refractivity contribution in [1.29, 1.82) is 0 Å². The van der Waals surface area contributed by atoms with Gasteiger partial charge in [0.05, 0.1) is 4.88 Å². The van der Waals surface area contributed by atoms with Crippen molar-refractivity contribution in [3.63, 3.8) is 0 Å². The van der Waals surface area contributed by atoms with Crippen molar-refractivity contribution in [2.45, 2.75) is 26.6 Å². The molecular weight excluding hydrogens is 365 g/mol. The van der Waals surface area contributed by atoms with Crippen LogP contribution in [-0.4, -0.2) is 11.5 Å². The fourth-order valence-corrected chi connectivity index (χ4v) is 3.74. The first-order valence-corrected chi connectivity index (χ1v) is 7.98. The van der Waals surface area contributed by atoms with Crippen LogP contribution in [0.2, 0.25) is 0 Å². The van der Waals surface area contributed by atoms with Crippen LogP contribution in [0, 0.1) is 6.92 Å². The lowest BCUT2D eigenvalue weighted by Gasteiger charge is -2.05. The Labute approximate surface area is 133 Å². The van der Waals surface area contributed by atoms with Gasteiger partial charge in [0, 0.05) is 16.6 Å². The Morgan fingerprint density at radius 3 is 2.62 bits per heavy atom. The first-order chi connectivity index (χ1) is 9.82. The molecule has 0 aliphatic carbocycles. The molecule has 114 valence electrons. The van der Waals surface area contributed by atoms with E-state index in [0.717, 1.165) is 21.4 Å². The van der Waals surface area contributed by atoms with Gasteiger partial charge in [-0.2, -0.15) is 13.2 Å². The highest BCUT2D eigenvalue weighted by atomic mass is 79.9. The monoisotopic (exact) mass is 378 g/mol. The molecule has 1 aromatic carbocycles. The molecule has 0 saturated heterocycles. The van der Waals surface area contributed by atoms with Crippen LogP contribution in [0.15, 0.2) is 22.7 Å². The molecule has 0 radical (unpaired) electrons. The molecule has 21 heavy (non-hydrogen) atoms. The minimum Gasteiger partial charge on any atom is -0.312 e. The Kier molecular flexibility index (Phi) is 5.06. The summed E-state index contributed by atoms with van der Waals surface area (Å²) in [6.45, 7) is 4.56. The molecular formula is C14H14BrF3N2S. The molecule has 1 N–H and O–H groups in total. The third-order valence-corrected chi connectivity index (χ3v) is 4.60. The summed E-state index contributed by atoms with van der Waals surface area (Å²) in [5.74, 6) is 0. The summed E-state index contributed by atoms with van der Waals surface area (Å²) >= 11 is 4.47. The maximum absolute atomic E-state index is 13.1. The first kappa shape index (κ1) is 16.5. The fourth-order valence-electron chi connectivity index (χ4n) is 1.84. The van der Waals surface area contributed by atoms with Gasteiger partial charge in [-0.05, 0) is 25.1 Å². The highest BCUT2D eigenvalue weighted by Gasteiger charge is 2.37. The summed E-state index contributed by atoms with van der Waals surface area (Å²) in [6.07, 6.45) is -4.43. The molecule has 2 rings (SSSR count). The summed E-state index contributed by atoms with van der Waals surface area (Å²) in [5, 5.41) is 3.30. The number of halogens is 4. The molecule has 0 saturated carbocycles. The normalized spacial score (nSPS) is 11.9. The van der Waals surface area contributed by atoms with Crippen molar-refractivity contribution >= 4 is 27.3 Å². The van der Waals surface area contributed by atoms with Crippen molar-refractivity contribution in [3.8, 4) is 10.6 Å². The van der Waals surface area contributed by atoms with E-state index in [1.165, 1.54) is 0 Å². The smallest absolute Gasteiger partial charge is 0.312 e. The van der Waals surface area contributed by atoms with Crippen molar-refractivity contribution in [2.75, 3.05) is 6.54 Å². The van der Waals surface area contributed by atoms with Gasteiger partial charge in [-0.3, -0.25) is 0 Å². The minimum absolute atomic E-state index is 0.173. The standard InChI is InChI=1S/C14H14BrF3N2S/c1-3-19-7-11-12(14(16,17)18)20-13(21-11)9-5-4-8(2)6-10(9)15/h4-6,19H,3,7H2,1-2H3. The Bertz CT molecular complexity index is 638. The maximum Gasteiger partial charge on any atom is 0.434 e. The molecule has 0 amide bonds. The van der Waals surface area contributed by atoms with Crippen LogP contribution in [0.1, 0.15) is 23.1 Å². The van der Waals surface area contributed by atoms with E-state index in [4.69, 9.17) is 0 Å². The predicted octanol–water partition coefficient (Wildman–Crippen LogP) is 5.01. The number of thiazole rings is 1. The van der Waals surface area contributed by atoms with E-state index in [0.29, 0.717) is 17.1 Å². The van der Waals surface area contributed by atoms with E-state index >= 15 is 0 Å². The molecule has 0 fully saturated rings.